The molecule has 0 aromatic rings. The lowest BCUT2D eigenvalue weighted by Crippen LogP contribution is -2.39. The first-order valence-corrected chi connectivity index (χ1v) is 6.68. The molecule has 0 radical (unpaired) electrons. The first-order chi connectivity index (χ1) is 8.08. The van der Waals surface area contributed by atoms with E-state index < -0.39 is 0 Å². The molecule has 17 heavy (non-hydrogen) atoms. The van der Waals surface area contributed by atoms with E-state index in [2.05, 4.69) is 13.8 Å². The first kappa shape index (κ1) is 14.5. The van der Waals surface area contributed by atoms with Gasteiger partial charge in [0.25, 0.3) is 0 Å². The third-order valence-corrected chi connectivity index (χ3v) is 3.51. The van der Waals surface area contributed by atoms with Crippen molar-refractivity contribution >= 4 is 5.91 Å². The van der Waals surface area contributed by atoms with Gasteiger partial charge in [-0.25, -0.2) is 0 Å². The number of aliphatic hydroxyl groups excluding tert-OH is 1. The van der Waals surface area contributed by atoms with Crippen LogP contribution in [0.25, 0.3) is 0 Å². The molecule has 1 aliphatic rings. The fraction of sp³-hybridized carbons (Fsp3) is 0.923. The van der Waals surface area contributed by atoms with Gasteiger partial charge in [0.05, 0.1) is 12.6 Å². The molecule has 1 amide bonds. The molecule has 0 saturated carbocycles. The highest BCUT2D eigenvalue weighted by molar-refractivity contribution is 5.77. The molecule has 0 spiro atoms. The van der Waals surface area contributed by atoms with Crippen LogP contribution in [0.3, 0.4) is 0 Å². The summed E-state index contributed by atoms with van der Waals surface area (Å²) in [5.41, 5.74) is 5.72. The number of nitrogens with two attached hydrogens (primary N) is 1. The lowest BCUT2D eigenvalue weighted by atomic mass is 9.93. The van der Waals surface area contributed by atoms with Crippen LogP contribution in [0, 0.1) is 11.8 Å². The van der Waals surface area contributed by atoms with Crippen LogP contribution in [0.4, 0.5) is 0 Å². The van der Waals surface area contributed by atoms with Gasteiger partial charge in [-0.05, 0) is 37.6 Å². The van der Waals surface area contributed by atoms with Crippen molar-refractivity contribution in [1.29, 1.82) is 0 Å². The van der Waals surface area contributed by atoms with Gasteiger partial charge in [0.2, 0.25) is 5.91 Å². The predicted molar refractivity (Wildman–Crippen MR) is 68.4 cm³/mol. The Balaban J connectivity index is 2.46. The number of carbonyl (C=O) groups excluding carboxylic acids is 1. The van der Waals surface area contributed by atoms with Crippen LogP contribution in [0.1, 0.15) is 39.5 Å². The second-order valence-electron chi connectivity index (χ2n) is 5.50. The van der Waals surface area contributed by atoms with E-state index in [1.165, 1.54) is 0 Å². The standard InChI is InChI=1S/C13H26N2O2/c1-10(2)6-11(8-14)7-13(17)15-5-3-4-12(15)9-16/h10-12,16H,3-9,14H2,1-2H3/t11-,12-/m0/s1. The van der Waals surface area contributed by atoms with Crippen LogP contribution in [-0.2, 0) is 4.79 Å². The molecule has 2 atom stereocenters. The molecule has 1 heterocycles. The maximum Gasteiger partial charge on any atom is 0.223 e. The summed E-state index contributed by atoms with van der Waals surface area (Å²) >= 11 is 0. The number of nitrogens with zero attached hydrogens (tertiary/aromatic N) is 1. The highest BCUT2D eigenvalue weighted by Crippen LogP contribution is 2.21. The van der Waals surface area contributed by atoms with Crippen molar-refractivity contribution in [1.82, 2.24) is 4.90 Å². The molecule has 0 unspecified atom stereocenters. The van der Waals surface area contributed by atoms with Gasteiger partial charge in [0.1, 0.15) is 0 Å². The number of carbonyl (C=O) groups is 1. The number of likely N-dealkylation sites (tertiary alicyclic amines) is 1. The Bertz CT molecular complexity index is 244. The molecular weight excluding hydrogens is 216 g/mol. The van der Waals surface area contributed by atoms with Gasteiger partial charge in [-0.15, -0.1) is 0 Å². The van der Waals surface area contributed by atoms with Crippen LogP contribution in [0.5, 0.6) is 0 Å². The molecule has 4 heteroatoms. The van der Waals surface area contributed by atoms with E-state index in [0.717, 1.165) is 25.8 Å². The zero-order chi connectivity index (χ0) is 12.8. The van der Waals surface area contributed by atoms with E-state index in [-0.39, 0.29) is 24.5 Å². The Morgan fingerprint density at radius 1 is 1.53 bits per heavy atom. The summed E-state index contributed by atoms with van der Waals surface area (Å²) in [6.45, 7) is 5.76. The summed E-state index contributed by atoms with van der Waals surface area (Å²) in [4.78, 5) is 14.0. The molecule has 100 valence electrons. The fourth-order valence-electron chi connectivity index (χ4n) is 2.65. The summed E-state index contributed by atoms with van der Waals surface area (Å²) < 4.78 is 0. The summed E-state index contributed by atoms with van der Waals surface area (Å²) in [6.07, 6.45) is 3.47. The van der Waals surface area contributed by atoms with Crippen molar-refractivity contribution in [3.05, 3.63) is 0 Å². The number of hydrogen-bond acceptors (Lipinski definition) is 3. The van der Waals surface area contributed by atoms with Gasteiger partial charge in [-0.2, -0.15) is 0 Å². The van der Waals surface area contributed by atoms with E-state index in [4.69, 9.17) is 5.73 Å². The molecule has 1 fully saturated rings. The number of aliphatic hydroxyl groups is 1. The Kier molecular flexibility index (Phi) is 5.92. The van der Waals surface area contributed by atoms with Crippen LogP contribution in [-0.4, -0.2) is 41.7 Å². The van der Waals surface area contributed by atoms with Gasteiger partial charge >= 0.3 is 0 Å². The minimum atomic E-state index is 0.0416. The number of amides is 1. The van der Waals surface area contributed by atoms with Gasteiger partial charge in [-0.1, -0.05) is 13.8 Å². The second-order valence-corrected chi connectivity index (χ2v) is 5.50. The summed E-state index contributed by atoms with van der Waals surface area (Å²) in [6, 6.07) is 0.0416. The van der Waals surface area contributed by atoms with Crippen LogP contribution in [0.2, 0.25) is 0 Å². The topological polar surface area (TPSA) is 66.6 Å². The molecule has 4 nitrogen and oxygen atoms in total. The quantitative estimate of drug-likeness (QED) is 0.729. The number of hydrogen-bond donors (Lipinski definition) is 2. The SMILES string of the molecule is CC(C)C[C@H](CN)CC(=O)N1CCC[C@H]1CO. The van der Waals surface area contributed by atoms with Gasteiger partial charge in [-0.3, -0.25) is 4.79 Å². The van der Waals surface area contributed by atoms with E-state index in [1.54, 1.807) is 0 Å². The Hall–Kier alpha value is -0.610. The van der Waals surface area contributed by atoms with E-state index in [9.17, 15) is 9.90 Å². The van der Waals surface area contributed by atoms with Crippen molar-refractivity contribution in [3.63, 3.8) is 0 Å². The molecule has 1 aliphatic heterocycles. The molecule has 0 aromatic heterocycles. The summed E-state index contributed by atoms with van der Waals surface area (Å²) in [5, 5.41) is 9.20. The second kappa shape index (κ2) is 6.97. The summed E-state index contributed by atoms with van der Waals surface area (Å²) in [7, 11) is 0. The van der Waals surface area contributed by atoms with Crippen molar-refractivity contribution in [2.45, 2.75) is 45.6 Å². The summed E-state index contributed by atoms with van der Waals surface area (Å²) in [5.74, 6) is 1.02. The third kappa shape index (κ3) is 4.28. The van der Waals surface area contributed by atoms with Crippen molar-refractivity contribution in [3.8, 4) is 0 Å². The molecule has 0 bridgehead atoms. The Morgan fingerprint density at radius 2 is 2.24 bits per heavy atom. The van der Waals surface area contributed by atoms with Crippen LogP contribution < -0.4 is 5.73 Å². The largest absolute Gasteiger partial charge is 0.394 e. The Morgan fingerprint density at radius 3 is 2.76 bits per heavy atom. The van der Waals surface area contributed by atoms with E-state index in [1.807, 2.05) is 4.90 Å². The fourth-order valence-corrected chi connectivity index (χ4v) is 2.65. The Labute approximate surface area is 104 Å². The van der Waals surface area contributed by atoms with Crippen molar-refractivity contribution in [2.75, 3.05) is 19.7 Å². The van der Waals surface area contributed by atoms with Crippen LogP contribution >= 0.6 is 0 Å². The predicted octanol–water partition coefficient (Wildman–Crippen LogP) is 0.981. The average molecular weight is 242 g/mol. The molecule has 1 saturated heterocycles. The minimum Gasteiger partial charge on any atom is -0.394 e. The molecule has 0 aliphatic carbocycles. The third-order valence-electron chi connectivity index (χ3n) is 3.51. The highest BCUT2D eigenvalue weighted by Gasteiger charge is 2.29. The lowest BCUT2D eigenvalue weighted by molar-refractivity contribution is -0.133. The molecular formula is C13H26N2O2. The molecule has 1 rings (SSSR count). The van der Waals surface area contributed by atoms with Gasteiger partial charge in [0, 0.05) is 13.0 Å². The van der Waals surface area contributed by atoms with Crippen molar-refractivity contribution in [2.24, 2.45) is 17.6 Å². The molecule has 3 N–H and O–H groups in total. The maximum atomic E-state index is 12.1. The lowest BCUT2D eigenvalue weighted by Gasteiger charge is -2.25. The molecule has 0 aromatic carbocycles. The van der Waals surface area contributed by atoms with E-state index >= 15 is 0 Å². The van der Waals surface area contributed by atoms with Gasteiger partial charge < -0.3 is 15.7 Å². The monoisotopic (exact) mass is 242 g/mol. The highest BCUT2D eigenvalue weighted by atomic mass is 16.3. The zero-order valence-corrected chi connectivity index (χ0v) is 11.1. The number of rotatable bonds is 6. The first-order valence-electron chi connectivity index (χ1n) is 6.68. The zero-order valence-electron chi connectivity index (χ0n) is 11.1. The van der Waals surface area contributed by atoms with Crippen molar-refractivity contribution < 1.29 is 9.90 Å². The average Bonchev–Trinajstić information content (AvgIpc) is 2.75. The maximum absolute atomic E-state index is 12.1. The van der Waals surface area contributed by atoms with Crippen LogP contribution in [0.15, 0.2) is 0 Å². The van der Waals surface area contributed by atoms with E-state index in [0.29, 0.717) is 18.9 Å². The minimum absolute atomic E-state index is 0.0416. The smallest absolute Gasteiger partial charge is 0.223 e. The normalized spacial score (nSPS) is 22.2. The van der Waals surface area contributed by atoms with Gasteiger partial charge in [0.15, 0.2) is 0 Å².